The summed E-state index contributed by atoms with van der Waals surface area (Å²) in [5.74, 6) is -1.06. The van der Waals surface area contributed by atoms with Crippen molar-refractivity contribution in [2.75, 3.05) is 0 Å². The Labute approximate surface area is 150 Å². The van der Waals surface area contributed by atoms with Crippen molar-refractivity contribution < 1.29 is 9.90 Å². The van der Waals surface area contributed by atoms with Gasteiger partial charge in [-0.1, -0.05) is 24.3 Å². The third-order valence-electron chi connectivity index (χ3n) is 4.86. The molecule has 0 aliphatic heterocycles. The zero-order valence-electron chi connectivity index (χ0n) is 14.4. The lowest BCUT2D eigenvalue weighted by molar-refractivity contribution is 0.0696. The molecule has 0 fully saturated rings. The van der Waals surface area contributed by atoms with E-state index in [1.54, 1.807) is 6.07 Å². The van der Waals surface area contributed by atoms with Crippen LogP contribution in [0.15, 0.2) is 47.4 Å². The van der Waals surface area contributed by atoms with Crippen LogP contribution in [0.2, 0.25) is 0 Å². The Morgan fingerprint density at radius 3 is 2.77 bits per heavy atom. The number of hydrogen-bond acceptors (Lipinski definition) is 3. The number of carboxylic acids is 1. The molecule has 2 heterocycles. The molecule has 1 aliphatic carbocycles. The SMILES string of the molecule is Cc1ccccc1C=C1CCCc2c1nc1ccc(C(=O)O)cn1c2=O. The average Bonchev–Trinajstić information content (AvgIpc) is 2.64. The van der Waals surface area contributed by atoms with Gasteiger partial charge in [-0.2, -0.15) is 0 Å². The van der Waals surface area contributed by atoms with Crippen molar-refractivity contribution in [1.29, 1.82) is 0 Å². The van der Waals surface area contributed by atoms with Crippen LogP contribution in [0.25, 0.3) is 17.3 Å². The average molecular weight is 346 g/mol. The fourth-order valence-electron chi connectivity index (χ4n) is 3.44. The zero-order chi connectivity index (χ0) is 18.3. The standard InChI is InChI=1S/C21H18N2O3/c1-13-5-2-3-6-14(13)11-15-7-4-8-17-19(15)22-18-10-9-16(21(25)26)12-23(18)20(17)24/h2-3,5-6,9-12H,4,7-8H2,1H3,(H,25,26). The van der Waals surface area contributed by atoms with Gasteiger partial charge in [0.1, 0.15) is 5.65 Å². The summed E-state index contributed by atoms with van der Waals surface area (Å²) < 4.78 is 1.35. The van der Waals surface area contributed by atoms with Crippen molar-refractivity contribution in [3.8, 4) is 0 Å². The lowest BCUT2D eigenvalue weighted by Gasteiger charge is -2.19. The van der Waals surface area contributed by atoms with E-state index in [1.807, 2.05) is 12.1 Å². The van der Waals surface area contributed by atoms with Gasteiger partial charge < -0.3 is 5.11 Å². The Morgan fingerprint density at radius 2 is 2.00 bits per heavy atom. The first-order valence-corrected chi connectivity index (χ1v) is 8.60. The summed E-state index contributed by atoms with van der Waals surface area (Å²) in [6.07, 6.45) is 5.88. The molecule has 0 radical (unpaired) electrons. The van der Waals surface area contributed by atoms with E-state index in [0.717, 1.165) is 29.7 Å². The van der Waals surface area contributed by atoms with Crippen LogP contribution in [0, 0.1) is 6.92 Å². The number of aromatic carboxylic acids is 1. The van der Waals surface area contributed by atoms with E-state index in [-0.39, 0.29) is 11.1 Å². The van der Waals surface area contributed by atoms with Gasteiger partial charge in [-0.05, 0) is 61.1 Å². The van der Waals surface area contributed by atoms with Crippen molar-refractivity contribution in [1.82, 2.24) is 9.38 Å². The molecular formula is C21H18N2O3. The first kappa shape index (κ1) is 16.3. The van der Waals surface area contributed by atoms with Gasteiger partial charge in [0, 0.05) is 11.8 Å². The Hall–Kier alpha value is -3.21. The van der Waals surface area contributed by atoms with Crippen LogP contribution in [0.3, 0.4) is 0 Å². The molecule has 1 N–H and O–H groups in total. The van der Waals surface area contributed by atoms with Crippen molar-refractivity contribution >= 4 is 23.3 Å². The molecule has 0 spiro atoms. The van der Waals surface area contributed by atoms with E-state index in [0.29, 0.717) is 17.6 Å². The normalized spacial score (nSPS) is 15.2. The Balaban J connectivity index is 1.93. The monoisotopic (exact) mass is 346 g/mol. The number of carboxylic acid groups (broad SMARTS) is 1. The van der Waals surface area contributed by atoms with Crippen LogP contribution in [0.1, 0.15) is 45.6 Å². The maximum atomic E-state index is 12.9. The topological polar surface area (TPSA) is 71.7 Å². The lowest BCUT2D eigenvalue weighted by Crippen LogP contribution is -2.25. The van der Waals surface area contributed by atoms with Crippen molar-refractivity contribution in [3.05, 3.63) is 80.9 Å². The van der Waals surface area contributed by atoms with Crippen LogP contribution >= 0.6 is 0 Å². The molecule has 0 unspecified atom stereocenters. The zero-order valence-corrected chi connectivity index (χ0v) is 14.4. The number of allylic oxidation sites excluding steroid dienone is 1. The maximum Gasteiger partial charge on any atom is 0.337 e. The van der Waals surface area contributed by atoms with Crippen molar-refractivity contribution in [2.24, 2.45) is 0 Å². The van der Waals surface area contributed by atoms with Crippen LogP contribution in [0.4, 0.5) is 0 Å². The maximum absolute atomic E-state index is 12.9. The van der Waals surface area contributed by atoms with E-state index in [2.05, 4.69) is 30.1 Å². The molecule has 2 aromatic heterocycles. The quantitative estimate of drug-likeness (QED) is 0.770. The molecule has 4 rings (SSSR count). The first-order valence-electron chi connectivity index (χ1n) is 8.60. The molecule has 0 atom stereocenters. The van der Waals surface area contributed by atoms with Gasteiger partial charge in [0.15, 0.2) is 0 Å². The Morgan fingerprint density at radius 1 is 1.19 bits per heavy atom. The molecule has 130 valence electrons. The van der Waals surface area contributed by atoms with Gasteiger partial charge in [0.25, 0.3) is 5.56 Å². The molecule has 0 amide bonds. The molecule has 0 saturated heterocycles. The minimum Gasteiger partial charge on any atom is -0.478 e. The van der Waals surface area contributed by atoms with Gasteiger partial charge in [0.05, 0.1) is 11.3 Å². The number of rotatable bonds is 2. The summed E-state index contributed by atoms with van der Waals surface area (Å²) in [6.45, 7) is 2.06. The molecule has 26 heavy (non-hydrogen) atoms. The summed E-state index contributed by atoms with van der Waals surface area (Å²) in [5, 5.41) is 9.16. The van der Waals surface area contributed by atoms with Crippen molar-refractivity contribution in [2.45, 2.75) is 26.2 Å². The highest BCUT2D eigenvalue weighted by Crippen LogP contribution is 2.30. The minimum atomic E-state index is -1.06. The number of carbonyl (C=O) groups is 1. The summed E-state index contributed by atoms with van der Waals surface area (Å²) in [5.41, 5.74) is 5.13. The highest BCUT2D eigenvalue weighted by Gasteiger charge is 2.21. The number of aromatic nitrogens is 2. The van der Waals surface area contributed by atoms with E-state index >= 15 is 0 Å². The second-order valence-electron chi connectivity index (χ2n) is 6.57. The van der Waals surface area contributed by atoms with E-state index in [1.165, 1.54) is 22.2 Å². The van der Waals surface area contributed by atoms with E-state index < -0.39 is 5.97 Å². The molecule has 5 heteroatoms. The van der Waals surface area contributed by atoms with Gasteiger partial charge in [0.2, 0.25) is 0 Å². The molecule has 0 bridgehead atoms. The predicted octanol–water partition coefficient (Wildman–Crippen LogP) is 3.58. The second kappa shape index (κ2) is 6.26. The number of benzene rings is 1. The number of nitrogens with zero attached hydrogens (tertiary/aromatic N) is 2. The summed E-state index contributed by atoms with van der Waals surface area (Å²) in [4.78, 5) is 28.8. The van der Waals surface area contributed by atoms with Crippen LogP contribution in [0.5, 0.6) is 0 Å². The molecule has 1 aliphatic rings. The number of pyridine rings is 1. The second-order valence-corrected chi connectivity index (χ2v) is 6.57. The number of aryl methyl sites for hydroxylation is 1. The van der Waals surface area contributed by atoms with Gasteiger partial charge >= 0.3 is 5.97 Å². The largest absolute Gasteiger partial charge is 0.478 e. The Bertz CT molecular complexity index is 1130. The van der Waals surface area contributed by atoms with Crippen LogP contribution < -0.4 is 5.56 Å². The number of hydrogen-bond donors (Lipinski definition) is 1. The summed E-state index contributed by atoms with van der Waals surface area (Å²) in [6, 6.07) is 11.2. The minimum absolute atomic E-state index is 0.0767. The van der Waals surface area contributed by atoms with Gasteiger partial charge in [-0.15, -0.1) is 0 Å². The van der Waals surface area contributed by atoms with Crippen molar-refractivity contribution in [3.63, 3.8) is 0 Å². The fraction of sp³-hybridized carbons (Fsp3) is 0.190. The highest BCUT2D eigenvalue weighted by atomic mass is 16.4. The van der Waals surface area contributed by atoms with Gasteiger partial charge in [-0.3, -0.25) is 9.20 Å². The fourth-order valence-corrected chi connectivity index (χ4v) is 3.44. The predicted molar refractivity (Wildman–Crippen MR) is 100 cm³/mol. The van der Waals surface area contributed by atoms with Crippen LogP contribution in [-0.4, -0.2) is 20.5 Å². The third-order valence-corrected chi connectivity index (χ3v) is 4.86. The van der Waals surface area contributed by atoms with Gasteiger partial charge in [-0.25, -0.2) is 9.78 Å². The molecular weight excluding hydrogens is 328 g/mol. The molecule has 1 aromatic carbocycles. The van der Waals surface area contributed by atoms with Crippen LogP contribution in [-0.2, 0) is 6.42 Å². The molecule has 3 aromatic rings. The first-order chi connectivity index (χ1) is 12.5. The Kier molecular flexibility index (Phi) is 3.92. The molecule has 0 saturated carbocycles. The number of fused-ring (bicyclic) bond motifs is 2. The molecule has 5 nitrogen and oxygen atoms in total. The smallest absolute Gasteiger partial charge is 0.337 e. The van der Waals surface area contributed by atoms with E-state index in [4.69, 9.17) is 5.11 Å². The highest BCUT2D eigenvalue weighted by molar-refractivity contribution is 5.88. The summed E-state index contributed by atoms with van der Waals surface area (Å²) in [7, 11) is 0. The summed E-state index contributed by atoms with van der Waals surface area (Å²) >= 11 is 0. The third kappa shape index (κ3) is 2.71. The lowest BCUT2D eigenvalue weighted by atomic mass is 9.90. The van der Waals surface area contributed by atoms with E-state index in [9.17, 15) is 9.59 Å².